The van der Waals surface area contributed by atoms with Crippen LogP contribution in [0.5, 0.6) is 5.88 Å². The molecule has 5 nitrogen and oxygen atoms in total. The molecule has 0 aromatic carbocycles. The van der Waals surface area contributed by atoms with Crippen LogP contribution in [0.2, 0.25) is 0 Å². The molecule has 94 valence electrons. The lowest BCUT2D eigenvalue weighted by Crippen LogP contribution is -2.39. The van der Waals surface area contributed by atoms with E-state index in [4.69, 9.17) is 9.47 Å². The Morgan fingerprint density at radius 2 is 2.24 bits per heavy atom. The molecule has 17 heavy (non-hydrogen) atoms. The SMILES string of the molecule is CCCNc1ncnc(OC2COC2)c1CC. The van der Waals surface area contributed by atoms with E-state index in [2.05, 4.69) is 29.1 Å². The van der Waals surface area contributed by atoms with Gasteiger partial charge in [-0.3, -0.25) is 0 Å². The second kappa shape index (κ2) is 5.82. The van der Waals surface area contributed by atoms with E-state index < -0.39 is 0 Å². The topological polar surface area (TPSA) is 56.3 Å². The van der Waals surface area contributed by atoms with Crippen LogP contribution in [0.25, 0.3) is 0 Å². The Kier molecular flexibility index (Phi) is 4.14. The maximum absolute atomic E-state index is 5.78. The summed E-state index contributed by atoms with van der Waals surface area (Å²) in [6.45, 7) is 6.44. The predicted octanol–water partition coefficient (Wildman–Crippen LogP) is 1.64. The largest absolute Gasteiger partial charge is 0.469 e. The molecule has 0 spiro atoms. The van der Waals surface area contributed by atoms with Crippen LogP contribution >= 0.6 is 0 Å². The molecule has 0 atom stereocenters. The predicted molar refractivity (Wildman–Crippen MR) is 65.4 cm³/mol. The van der Waals surface area contributed by atoms with E-state index in [1.807, 2.05) is 0 Å². The second-order valence-electron chi connectivity index (χ2n) is 4.06. The minimum atomic E-state index is 0.147. The summed E-state index contributed by atoms with van der Waals surface area (Å²) in [6.07, 6.45) is 3.62. The summed E-state index contributed by atoms with van der Waals surface area (Å²) in [5.74, 6) is 1.58. The number of rotatable bonds is 6. The molecule has 0 radical (unpaired) electrons. The first-order valence-electron chi connectivity index (χ1n) is 6.17. The number of aromatic nitrogens is 2. The van der Waals surface area contributed by atoms with Gasteiger partial charge in [0.1, 0.15) is 18.2 Å². The normalized spacial score (nSPS) is 15.4. The Balaban J connectivity index is 2.12. The standard InChI is InChI=1S/C12H19N3O2/c1-3-5-13-11-10(4-2)12(15-8-14-11)17-9-6-16-7-9/h8-9H,3-7H2,1-2H3,(H,13,14,15). The summed E-state index contributed by atoms with van der Waals surface area (Å²) in [7, 11) is 0. The van der Waals surface area contributed by atoms with Crippen molar-refractivity contribution in [3.8, 4) is 5.88 Å². The fourth-order valence-corrected chi connectivity index (χ4v) is 1.65. The maximum atomic E-state index is 5.78. The minimum Gasteiger partial charge on any atom is -0.469 e. The smallest absolute Gasteiger partial charge is 0.222 e. The quantitative estimate of drug-likeness (QED) is 0.815. The van der Waals surface area contributed by atoms with Gasteiger partial charge in [-0.05, 0) is 12.8 Å². The first kappa shape index (κ1) is 12.1. The molecule has 1 fully saturated rings. The minimum absolute atomic E-state index is 0.147. The Bertz CT molecular complexity index is 367. The molecule has 1 saturated heterocycles. The van der Waals surface area contributed by atoms with Crippen molar-refractivity contribution in [2.45, 2.75) is 32.8 Å². The van der Waals surface area contributed by atoms with E-state index in [-0.39, 0.29) is 6.10 Å². The Hall–Kier alpha value is -1.36. The third-order valence-corrected chi connectivity index (χ3v) is 2.69. The number of ether oxygens (including phenoxy) is 2. The average Bonchev–Trinajstić information content (AvgIpc) is 2.31. The van der Waals surface area contributed by atoms with E-state index in [1.165, 1.54) is 0 Å². The van der Waals surface area contributed by atoms with Gasteiger partial charge in [0.25, 0.3) is 0 Å². The lowest BCUT2D eigenvalue weighted by Gasteiger charge is -2.27. The van der Waals surface area contributed by atoms with E-state index in [9.17, 15) is 0 Å². The van der Waals surface area contributed by atoms with Crippen LogP contribution in [0.4, 0.5) is 5.82 Å². The van der Waals surface area contributed by atoms with Crippen molar-refractivity contribution < 1.29 is 9.47 Å². The first-order chi connectivity index (χ1) is 8.35. The Morgan fingerprint density at radius 1 is 1.41 bits per heavy atom. The zero-order chi connectivity index (χ0) is 12.1. The van der Waals surface area contributed by atoms with Gasteiger partial charge in [-0.1, -0.05) is 13.8 Å². The van der Waals surface area contributed by atoms with Gasteiger partial charge in [0.2, 0.25) is 5.88 Å². The van der Waals surface area contributed by atoms with Crippen LogP contribution in [0.1, 0.15) is 25.8 Å². The molecular weight excluding hydrogens is 218 g/mol. The van der Waals surface area contributed by atoms with Crippen molar-refractivity contribution in [3.63, 3.8) is 0 Å². The van der Waals surface area contributed by atoms with Crippen LogP contribution in [-0.2, 0) is 11.2 Å². The summed E-state index contributed by atoms with van der Waals surface area (Å²) in [6, 6.07) is 0. The summed E-state index contributed by atoms with van der Waals surface area (Å²) in [5.41, 5.74) is 1.05. The molecule has 1 aliphatic heterocycles. The van der Waals surface area contributed by atoms with Crippen molar-refractivity contribution in [2.75, 3.05) is 25.1 Å². The lowest BCUT2D eigenvalue weighted by atomic mass is 10.2. The van der Waals surface area contributed by atoms with Crippen LogP contribution < -0.4 is 10.1 Å². The number of hydrogen-bond acceptors (Lipinski definition) is 5. The summed E-state index contributed by atoms with van der Waals surface area (Å²) in [4.78, 5) is 8.48. The highest BCUT2D eigenvalue weighted by atomic mass is 16.6. The molecule has 0 saturated carbocycles. The molecule has 2 rings (SSSR count). The average molecular weight is 237 g/mol. The second-order valence-corrected chi connectivity index (χ2v) is 4.06. The Morgan fingerprint density at radius 3 is 2.82 bits per heavy atom. The Labute approximate surface area is 102 Å². The number of anilines is 1. The molecule has 2 heterocycles. The molecule has 0 aliphatic carbocycles. The summed E-state index contributed by atoms with van der Waals surface area (Å²) < 4.78 is 10.9. The molecule has 0 unspecified atom stereocenters. The highest BCUT2D eigenvalue weighted by Crippen LogP contribution is 2.24. The third-order valence-electron chi connectivity index (χ3n) is 2.69. The van der Waals surface area contributed by atoms with E-state index in [1.54, 1.807) is 6.33 Å². The molecular formula is C12H19N3O2. The number of nitrogens with one attached hydrogen (secondary N) is 1. The van der Waals surface area contributed by atoms with Gasteiger partial charge in [0, 0.05) is 6.54 Å². The van der Waals surface area contributed by atoms with Gasteiger partial charge in [0.05, 0.1) is 18.8 Å². The zero-order valence-electron chi connectivity index (χ0n) is 10.4. The van der Waals surface area contributed by atoms with Crippen molar-refractivity contribution >= 4 is 5.82 Å². The van der Waals surface area contributed by atoms with Crippen LogP contribution in [0.3, 0.4) is 0 Å². The van der Waals surface area contributed by atoms with Gasteiger partial charge in [0.15, 0.2) is 0 Å². The number of nitrogens with zero attached hydrogens (tertiary/aromatic N) is 2. The van der Waals surface area contributed by atoms with Crippen molar-refractivity contribution in [3.05, 3.63) is 11.9 Å². The third kappa shape index (κ3) is 2.85. The maximum Gasteiger partial charge on any atom is 0.222 e. The zero-order valence-corrected chi connectivity index (χ0v) is 10.4. The van der Waals surface area contributed by atoms with E-state index >= 15 is 0 Å². The van der Waals surface area contributed by atoms with Gasteiger partial charge >= 0.3 is 0 Å². The summed E-state index contributed by atoms with van der Waals surface area (Å²) in [5, 5.41) is 3.30. The lowest BCUT2D eigenvalue weighted by molar-refractivity contribution is -0.0816. The fourth-order valence-electron chi connectivity index (χ4n) is 1.65. The van der Waals surface area contributed by atoms with E-state index in [0.717, 1.165) is 30.8 Å². The van der Waals surface area contributed by atoms with Gasteiger partial charge in [-0.2, -0.15) is 0 Å². The molecule has 0 bridgehead atoms. The van der Waals surface area contributed by atoms with Gasteiger partial charge in [-0.25, -0.2) is 9.97 Å². The van der Waals surface area contributed by atoms with Crippen molar-refractivity contribution in [2.24, 2.45) is 0 Å². The number of hydrogen-bond donors (Lipinski definition) is 1. The van der Waals surface area contributed by atoms with Crippen LogP contribution in [-0.4, -0.2) is 35.8 Å². The van der Waals surface area contributed by atoms with Crippen LogP contribution in [0, 0.1) is 0 Å². The van der Waals surface area contributed by atoms with E-state index in [0.29, 0.717) is 19.1 Å². The van der Waals surface area contributed by atoms with Gasteiger partial charge < -0.3 is 14.8 Å². The molecule has 1 aromatic rings. The molecule has 1 N–H and O–H groups in total. The molecule has 1 aromatic heterocycles. The van der Waals surface area contributed by atoms with Crippen LogP contribution in [0.15, 0.2) is 6.33 Å². The summed E-state index contributed by atoms with van der Waals surface area (Å²) >= 11 is 0. The van der Waals surface area contributed by atoms with Crippen molar-refractivity contribution in [1.29, 1.82) is 0 Å². The first-order valence-corrected chi connectivity index (χ1v) is 6.17. The molecule has 0 amide bonds. The van der Waals surface area contributed by atoms with Crippen molar-refractivity contribution in [1.82, 2.24) is 9.97 Å². The molecule has 1 aliphatic rings. The highest BCUT2D eigenvalue weighted by Gasteiger charge is 2.22. The highest BCUT2D eigenvalue weighted by molar-refractivity contribution is 5.48. The fraction of sp³-hybridized carbons (Fsp3) is 0.667. The van der Waals surface area contributed by atoms with Gasteiger partial charge in [-0.15, -0.1) is 0 Å². The molecule has 5 heteroatoms. The monoisotopic (exact) mass is 237 g/mol.